The van der Waals surface area contributed by atoms with Gasteiger partial charge in [-0.2, -0.15) is 0 Å². The average molecular weight is 245 g/mol. The van der Waals surface area contributed by atoms with E-state index in [0.29, 0.717) is 12.1 Å². The van der Waals surface area contributed by atoms with Crippen molar-refractivity contribution in [2.24, 2.45) is 5.16 Å². The summed E-state index contributed by atoms with van der Waals surface area (Å²) in [6.45, 7) is 0. The van der Waals surface area contributed by atoms with E-state index in [2.05, 4.69) is 26.4 Å². The molecule has 3 atom stereocenters. The molecule has 3 aliphatic rings. The smallest absolute Gasteiger partial charge is 0.146 e. The molecule has 0 aromatic rings. The van der Waals surface area contributed by atoms with Crippen LogP contribution in [0.15, 0.2) is 5.16 Å². The zero-order chi connectivity index (χ0) is 8.89. The molecule has 0 radical (unpaired) electrons. The molecule has 3 rings (SSSR count). The average Bonchev–Trinajstić information content (AvgIpc) is 2.58. The van der Waals surface area contributed by atoms with Crippen LogP contribution < -0.4 is 5.32 Å². The van der Waals surface area contributed by atoms with Crippen molar-refractivity contribution in [1.82, 2.24) is 5.32 Å². The number of halogens is 1. The van der Waals surface area contributed by atoms with Gasteiger partial charge in [0.25, 0.3) is 0 Å². The van der Waals surface area contributed by atoms with Crippen LogP contribution in [0.1, 0.15) is 32.1 Å². The van der Waals surface area contributed by atoms with E-state index >= 15 is 0 Å². The van der Waals surface area contributed by atoms with Gasteiger partial charge in [-0.05, 0) is 28.8 Å². The first-order valence-corrected chi connectivity index (χ1v) is 5.72. The predicted octanol–water partition coefficient (Wildman–Crippen LogP) is 1.77. The third-order valence-electron chi connectivity index (χ3n) is 3.38. The Labute approximate surface area is 86.0 Å². The van der Waals surface area contributed by atoms with Gasteiger partial charge >= 0.3 is 0 Å². The minimum Gasteiger partial charge on any atom is -0.388 e. The van der Waals surface area contributed by atoms with Gasteiger partial charge in [0.05, 0.1) is 0 Å². The maximum absolute atomic E-state index is 5.58. The molecule has 3 heterocycles. The highest BCUT2D eigenvalue weighted by Gasteiger charge is 2.48. The Bertz CT molecular complexity index is 254. The second-order valence-electron chi connectivity index (χ2n) is 4.46. The molecule has 2 bridgehead atoms. The normalized spacial score (nSPS) is 47.9. The minimum atomic E-state index is 0.0376. The summed E-state index contributed by atoms with van der Waals surface area (Å²) in [5.74, 6) is 0. The van der Waals surface area contributed by atoms with Crippen molar-refractivity contribution in [2.45, 2.75) is 49.8 Å². The van der Waals surface area contributed by atoms with Crippen molar-refractivity contribution < 1.29 is 4.84 Å². The Morgan fingerprint density at radius 2 is 2.08 bits per heavy atom. The number of nitrogens with zero attached hydrogens (tertiary/aromatic N) is 1. The van der Waals surface area contributed by atoms with Crippen LogP contribution in [0.2, 0.25) is 0 Å². The number of nitrogens with one attached hydrogen (secondary N) is 1. The lowest BCUT2D eigenvalue weighted by Crippen LogP contribution is -2.48. The SMILES string of the molecule is BrC1=NOC2(C1)C[C@H]1CC[C@@H](C2)N1. The molecule has 2 saturated heterocycles. The van der Waals surface area contributed by atoms with E-state index in [4.69, 9.17) is 4.84 Å². The minimum absolute atomic E-state index is 0.0376. The van der Waals surface area contributed by atoms with Crippen molar-refractivity contribution in [3.05, 3.63) is 0 Å². The quantitative estimate of drug-likeness (QED) is 0.705. The topological polar surface area (TPSA) is 33.6 Å². The molecular weight excluding hydrogens is 232 g/mol. The summed E-state index contributed by atoms with van der Waals surface area (Å²) in [5, 5.41) is 7.63. The Balaban J connectivity index is 1.79. The van der Waals surface area contributed by atoms with Crippen molar-refractivity contribution >= 4 is 20.6 Å². The lowest BCUT2D eigenvalue weighted by molar-refractivity contribution is -0.0524. The predicted molar refractivity (Wildman–Crippen MR) is 54.0 cm³/mol. The maximum atomic E-state index is 5.58. The van der Waals surface area contributed by atoms with E-state index in [0.717, 1.165) is 23.9 Å². The summed E-state index contributed by atoms with van der Waals surface area (Å²) in [7, 11) is 0. The monoisotopic (exact) mass is 244 g/mol. The van der Waals surface area contributed by atoms with Gasteiger partial charge in [0, 0.05) is 31.3 Å². The molecule has 0 aliphatic carbocycles. The molecule has 1 unspecified atom stereocenters. The second-order valence-corrected chi connectivity index (χ2v) is 5.38. The molecule has 72 valence electrons. The first kappa shape index (κ1) is 8.24. The molecule has 2 fully saturated rings. The number of rotatable bonds is 0. The third-order valence-corrected chi connectivity index (χ3v) is 3.80. The van der Waals surface area contributed by atoms with E-state index < -0.39 is 0 Å². The van der Waals surface area contributed by atoms with Gasteiger partial charge in [0.15, 0.2) is 0 Å². The van der Waals surface area contributed by atoms with E-state index in [-0.39, 0.29) is 5.60 Å². The second kappa shape index (κ2) is 2.70. The fourth-order valence-electron chi connectivity index (χ4n) is 2.90. The van der Waals surface area contributed by atoms with Crippen LogP contribution in [0.4, 0.5) is 0 Å². The number of oxime groups is 1. The Morgan fingerprint density at radius 3 is 2.62 bits per heavy atom. The van der Waals surface area contributed by atoms with Gasteiger partial charge in [-0.3, -0.25) is 0 Å². The first-order chi connectivity index (χ1) is 6.26. The number of fused-ring (bicyclic) bond motifs is 2. The maximum Gasteiger partial charge on any atom is 0.146 e. The molecule has 13 heavy (non-hydrogen) atoms. The van der Waals surface area contributed by atoms with Crippen LogP contribution in [0.3, 0.4) is 0 Å². The van der Waals surface area contributed by atoms with Crippen LogP contribution >= 0.6 is 15.9 Å². The summed E-state index contributed by atoms with van der Waals surface area (Å²) in [6.07, 6.45) is 5.85. The molecule has 3 nitrogen and oxygen atoms in total. The number of hydrogen-bond acceptors (Lipinski definition) is 3. The van der Waals surface area contributed by atoms with Crippen LogP contribution in [-0.2, 0) is 4.84 Å². The summed E-state index contributed by atoms with van der Waals surface area (Å²) in [6, 6.07) is 1.35. The van der Waals surface area contributed by atoms with E-state index in [1.165, 1.54) is 12.8 Å². The van der Waals surface area contributed by atoms with Gasteiger partial charge in [-0.25, -0.2) is 0 Å². The van der Waals surface area contributed by atoms with Crippen molar-refractivity contribution in [3.8, 4) is 0 Å². The van der Waals surface area contributed by atoms with Crippen LogP contribution in [-0.4, -0.2) is 22.3 Å². The number of hydrogen-bond donors (Lipinski definition) is 1. The Hall–Kier alpha value is -0.0900. The zero-order valence-electron chi connectivity index (χ0n) is 7.42. The lowest BCUT2D eigenvalue weighted by atomic mass is 9.85. The molecule has 0 aromatic carbocycles. The van der Waals surface area contributed by atoms with E-state index in [1.54, 1.807) is 0 Å². The lowest BCUT2D eigenvalue weighted by Gasteiger charge is -2.35. The highest BCUT2D eigenvalue weighted by Crippen LogP contribution is 2.42. The molecule has 1 spiro atoms. The van der Waals surface area contributed by atoms with E-state index in [9.17, 15) is 0 Å². The number of piperidine rings is 1. The fraction of sp³-hybridized carbons (Fsp3) is 0.889. The van der Waals surface area contributed by atoms with Crippen molar-refractivity contribution in [3.63, 3.8) is 0 Å². The highest BCUT2D eigenvalue weighted by molar-refractivity contribution is 9.18. The summed E-state index contributed by atoms with van der Waals surface area (Å²) in [4.78, 5) is 5.58. The third kappa shape index (κ3) is 1.31. The molecular formula is C9H13BrN2O. The van der Waals surface area contributed by atoms with Gasteiger partial charge < -0.3 is 10.2 Å². The van der Waals surface area contributed by atoms with Crippen molar-refractivity contribution in [1.29, 1.82) is 0 Å². The molecule has 4 heteroatoms. The molecule has 0 saturated carbocycles. The summed E-state index contributed by atoms with van der Waals surface area (Å²) in [5.41, 5.74) is 0.0376. The molecule has 1 N–H and O–H groups in total. The Morgan fingerprint density at radius 1 is 1.38 bits per heavy atom. The van der Waals surface area contributed by atoms with Gasteiger partial charge in [-0.15, -0.1) is 0 Å². The zero-order valence-corrected chi connectivity index (χ0v) is 9.01. The van der Waals surface area contributed by atoms with Crippen LogP contribution in [0.25, 0.3) is 0 Å². The fourth-order valence-corrected chi connectivity index (χ4v) is 3.48. The van der Waals surface area contributed by atoms with Gasteiger partial charge in [0.2, 0.25) is 0 Å². The molecule has 3 aliphatic heterocycles. The van der Waals surface area contributed by atoms with Gasteiger partial charge in [-0.1, -0.05) is 5.16 Å². The summed E-state index contributed by atoms with van der Waals surface area (Å²) < 4.78 is 0.980. The summed E-state index contributed by atoms with van der Waals surface area (Å²) >= 11 is 3.41. The highest BCUT2D eigenvalue weighted by atomic mass is 79.9. The largest absolute Gasteiger partial charge is 0.388 e. The van der Waals surface area contributed by atoms with Gasteiger partial charge in [0.1, 0.15) is 10.2 Å². The molecule has 0 amide bonds. The standard InChI is InChI=1S/C9H13BrN2O/c10-8-5-9(13-12-8)3-6-1-2-7(4-9)11-6/h6-7,11H,1-5H2/t6-,7+,9?. The first-order valence-electron chi connectivity index (χ1n) is 4.92. The Kier molecular flexibility index (Phi) is 1.71. The van der Waals surface area contributed by atoms with E-state index in [1.807, 2.05) is 0 Å². The van der Waals surface area contributed by atoms with Crippen LogP contribution in [0, 0.1) is 0 Å². The van der Waals surface area contributed by atoms with Crippen LogP contribution in [0.5, 0.6) is 0 Å². The van der Waals surface area contributed by atoms with Crippen molar-refractivity contribution in [2.75, 3.05) is 0 Å². The molecule has 0 aromatic heterocycles.